The molecular weight excluding hydrogens is 532 g/mol. The summed E-state index contributed by atoms with van der Waals surface area (Å²) in [6.07, 6.45) is 3.73. The maximum atomic E-state index is 6.56. The number of hydrogen-bond donors (Lipinski definition) is 0. The van der Waals surface area contributed by atoms with Gasteiger partial charge in [-0.05, 0) is 79.6 Å². The molecule has 0 bridgehead atoms. The molecule has 37 heavy (non-hydrogen) atoms. The number of halogens is 1. The Balaban J connectivity index is 1.47. The number of rotatable bonds is 10. The standard InChI is InChI=1S/C30H33BrN2O4/c1-4-6-7-16-36-28-14-10-21(17-29(28)34-3)30-33-26(24-18-22(31)11-15-27(24)37-30)19-25(32-33)20-8-12-23(13-9-20)35-5-2/h8-15,17-18,26,30H,4-7,16,19H2,1-3H3/t26-,30-/m0/s1. The summed E-state index contributed by atoms with van der Waals surface area (Å²) in [4.78, 5) is 0. The molecule has 0 aliphatic carbocycles. The Morgan fingerprint density at radius 1 is 0.973 bits per heavy atom. The third-order valence-electron chi connectivity index (χ3n) is 6.73. The van der Waals surface area contributed by atoms with Gasteiger partial charge in [0.25, 0.3) is 0 Å². The predicted octanol–water partition coefficient (Wildman–Crippen LogP) is 7.67. The van der Waals surface area contributed by atoms with E-state index < -0.39 is 0 Å². The van der Waals surface area contributed by atoms with E-state index in [1.54, 1.807) is 7.11 Å². The van der Waals surface area contributed by atoms with Crippen molar-refractivity contribution in [2.75, 3.05) is 20.3 Å². The molecule has 2 heterocycles. The molecule has 2 aliphatic heterocycles. The van der Waals surface area contributed by atoms with Gasteiger partial charge >= 0.3 is 0 Å². The second kappa shape index (κ2) is 11.5. The minimum Gasteiger partial charge on any atom is -0.494 e. The highest BCUT2D eigenvalue weighted by molar-refractivity contribution is 9.10. The average molecular weight is 566 g/mol. The second-order valence-electron chi connectivity index (χ2n) is 9.22. The van der Waals surface area contributed by atoms with E-state index in [2.05, 4.69) is 46.1 Å². The first kappa shape index (κ1) is 25.5. The fourth-order valence-electron chi connectivity index (χ4n) is 4.85. The molecule has 0 saturated carbocycles. The summed E-state index contributed by atoms with van der Waals surface area (Å²) >= 11 is 3.63. The zero-order valence-electron chi connectivity index (χ0n) is 21.6. The van der Waals surface area contributed by atoms with Gasteiger partial charge in [-0.25, -0.2) is 5.01 Å². The van der Waals surface area contributed by atoms with E-state index in [1.165, 1.54) is 0 Å². The summed E-state index contributed by atoms with van der Waals surface area (Å²) in [5.74, 6) is 3.18. The summed E-state index contributed by atoms with van der Waals surface area (Å²) in [5.41, 5.74) is 4.20. The Kier molecular flexibility index (Phi) is 7.89. The number of hydrazone groups is 1. The highest BCUT2D eigenvalue weighted by Crippen LogP contribution is 2.49. The molecule has 5 rings (SSSR count). The van der Waals surface area contributed by atoms with E-state index in [-0.39, 0.29) is 12.3 Å². The molecule has 6 nitrogen and oxygen atoms in total. The van der Waals surface area contributed by atoms with Crippen molar-refractivity contribution in [3.63, 3.8) is 0 Å². The Labute approximate surface area is 227 Å². The van der Waals surface area contributed by atoms with E-state index in [4.69, 9.17) is 24.0 Å². The Hall–Kier alpha value is -3.19. The largest absolute Gasteiger partial charge is 0.494 e. The summed E-state index contributed by atoms with van der Waals surface area (Å²) in [5, 5.41) is 7.17. The molecule has 0 spiro atoms. The number of unbranched alkanes of at least 4 members (excludes halogenated alkanes) is 2. The van der Waals surface area contributed by atoms with Crippen LogP contribution in [0, 0.1) is 0 Å². The monoisotopic (exact) mass is 564 g/mol. The lowest BCUT2D eigenvalue weighted by molar-refractivity contribution is -0.0192. The van der Waals surface area contributed by atoms with Gasteiger partial charge in [0.1, 0.15) is 11.5 Å². The minimum atomic E-state index is -0.387. The lowest BCUT2D eigenvalue weighted by Crippen LogP contribution is -2.33. The third-order valence-corrected chi connectivity index (χ3v) is 7.22. The van der Waals surface area contributed by atoms with Crippen LogP contribution in [0.5, 0.6) is 23.0 Å². The van der Waals surface area contributed by atoms with Crippen LogP contribution in [0.1, 0.15) is 68.5 Å². The highest BCUT2D eigenvalue weighted by atomic mass is 79.9. The van der Waals surface area contributed by atoms with Gasteiger partial charge in [-0.1, -0.05) is 35.7 Å². The van der Waals surface area contributed by atoms with E-state index in [1.807, 2.05) is 49.4 Å². The molecule has 2 aliphatic rings. The molecule has 0 unspecified atom stereocenters. The smallest absolute Gasteiger partial charge is 0.214 e. The van der Waals surface area contributed by atoms with E-state index in [9.17, 15) is 0 Å². The van der Waals surface area contributed by atoms with Gasteiger partial charge in [0, 0.05) is 22.0 Å². The topological polar surface area (TPSA) is 52.5 Å². The number of nitrogens with zero attached hydrogens (tertiary/aromatic N) is 2. The van der Waals surface area contributed by atoms with Gasteiger partial charge < -0.3 is 18.9 Å². The van der Waals surface area contributed by atoms with Gasteiger partial charge in [0.2, 0.25) is 6.23 Å². The fourth-order valence-corrected chi connectivity index (χ4v) is 5.23. The molecule has 0 aromatic heterocycles. The molecule has 2 atom stereocenters. The summed E-state index contributed by atoms with van der Waals surface area (Å²) in [6.45, 7) is 5.50. The van der Waals surface area contributed by atoms with Gasteiger partial charge in [-0.3, -0.25) is 0 Å². The van der Waals surface area contributed by atoms with Crippen LogP contribution < -0.4 is 18.9 Å². The van der Waals surface area contributed by atoms with Crippen molar-refractivity contribution in [2.45, 2.75) is 51.8 Å². The molecule has 3 aromatic carbocycles. The molecule has 0 saturated heterocycles. The van der Waals surface area contributed by atoms with Gasteiger partial charge in [-0.15, -0.1) is 0 Å². The van der Waals surface area contributed by atoms with Crippen LogP contribution in [0.2, 0.25) is 0 Å². The number of benzene rings is 3. The van der Waals surface area contributed by atoms with Crippen molar-refractivity contribution < 1.29 is 18.9 Å². The number of ether oxygens (including phenoxy) is 4. The fraction of sp³-hybridized carbons (Fsp3) is 0.367. The first-order chi connectivity index (χ1) is 18.1. The third kappa shape index (κ3) is 5.42. The molecule has 0 N–H and O–H groups in total. The molecule has 0 amide bonds. The summed E-state index contributed by atoms with van der Waals surface area (Å²) < 4.78 is 24.9. The SMILES string of the molecule is CCCCCOc1ccc([C@@H]2Oc3ccc(Br)cc3[C@@H]3CC(c4ccc(OCC)cc4)=NN32)cc1OC. The molecule has 194 valence electrons. The van der Waals surface area contributed by atoms with E-state index >= 15 is 0 Å². The number of fused-ring (bicyclic) bond motifs is 3. The minimum absolute atomic E-state index is 0.0591. The summed E-state index contributed by atoms with van der Waals surface area (Å²) in [6, 6.07) is 20.4. The van der Waals surface area contributed by atoms with Crippen LogP contribution in [-0.4, -0.2) is 31.0 Å². The molecular formula is C30H33BrN2O4. The molecule has 0 radical (unpaired) electrons. The maximum Gasteiger partial charge on any atom is 0.214 e. The van der Waals surface area contributed by atoms with Crippen molar-refractivity contribution >= 4 is 21.6 Å². The lowest BCUT2D eigenvalue weighted by Gasteiger charge is -2.38. The van der Waals surface area contributed by atoms with Crippen LogP contribution in [0.4, 0.5) is 0 Å². The van der Waals surface area contributed by atoms with Crippen molar-refractivity contribution in [3.05, 3.63) is 81.8 Å². The first-order valence-electron chi connectivity index (χ1n) is 13.0. The number of methoxy groups -OCH3 is 1. The van der Waals surface area contributed by atoms with Crippen molar-refractivity contribution in [2.24, 2.45) is 5.10 Å². The summed E-state index contributed by atoms with van der Waals surface area (Å²) in [7, 11) is 1.67. The van der Waals surface area contributed by atoms with Gasteiger partial charge in [-0.2, -0.15) is 5.10 Å². The Morgan fingerprint density at radius 3 is 2.57 bits per heavy atom. The van der Waals surface area contributed by atoms with Gasteiger partial charge in [0.05, 0.1) is 32.1 Å². The van der Waals surface area contributed by atoms with Crippen LogP contribution in [0.15, 0.2) is 70.2 Å². The zero-order valence-corrected chi connectivity index (χ0v) is 23.2. The maximum absolute atomic E-state index is 6.56. The molecule has 7 heteroatoms. The lowest BCUT2D eigenvalue weighted by atomic mass is 9.96. The van der Waals surface area contributed by atoms with Crippen molar-refractivity contribution in [1.29, 1.82) is 0 Å². The Morgan fingerprint density at radius 2 is 1.81 bits per heavy atom. The van der Waals surface area contributed by atoms with Crippen LogP contribution in [0.25, 0.3) is 0 Å². The van der Waals surface area contributed by atoms with Gasteiger partial charge in [0.15, 0.2) is 11.5 Å². The first-order valence-corrected chi connectivity index (χ1v) is 13.8. The quantitative estimate of drug-likeness (QED) is 0.236. The Bertz CT molecular complexity index is 1260. The van der Waals surface area contributed by atoms with E-state index in [0.29, 0.717) is 19.0 Å². The zero-order chi connectivity index (χ0) is 25.8. The van der Waals surface area contributed by atoms with E-state index in [0.717, 1.165) is 69.8 Å². The highest BCUT2D eigenvalue weighted by Gasteiger charge is 2.41. The van der Waals surface area contributed by atoms with Crippen LogP contribution >= 0.6 is 15.9 Å². The van der Waals surface area contributed by atoms with Crippen molar-refractivity contribution in [1.82, 2.24) is 5.01 Å². The van der Waals surface area contributed by atoms with Crippen LogP contribution in [0.3, 0.4) is 0 Å². The number of hydrogen-bond acceptors (Lipinski definition) is 6. The second-order valence-corrected chi connectivity index (χ2v) is 10.1. The van der Waals surface area contributed by atoms with Crippen molar-refractivity contribution in [3.8, 4) is 23.0 Å². The molecule has 0 fully saturated rings. The van der Waals surface area contributed by atoms with Crippen LogP contribution in [-0.2, 0) is 0 Å². The predicted molar refractivity (Wildman–Crippen MR) is 149 cm³/mol. The normalized spacial score (nSPS) is 17.9. The molecule has 3 aromatic rings. The average Bonchev–Trinajstić information content (AvgIpc) is 3.37.